The van der Waals surface area contributed by atoms with Gasteiger partial charge in [0, 0.05) is 18.9 Å². The third-order valence-corrected chi connectivity index (χ3v) is 0.939. The molecule has 0 aromatic carbocycles. The first kappa shape index (κ1) is 5.28. The second-order valence-electron chi connectivity index (χ2n) is 1.94. The lowest BCUT2D eigenvalue weighted by Gasteiger charge is -1.85. The van der Waals surface area contributed by atoms with Crippen molar-refractivity contribution >= 4 is 0 Å². The third kappa shape index (κ3) is 0.857. The van der Waals surface area contributed by atoms with E-state index in [4.69, 9.17) is 4.42 Å². The average molecular weight is 113 g/mol. The Labute approximate surface area is 47.9 Å². The Hall–Kier alpha value is -0.860. The lowest BCUT2D eigenvalue weighted by Crippen LogP contribution is -2.36. The molecule has 0 aliphatic carbocycles. The highest BCUT2D eigenvalue weighted by Gasteiger charge is 2.06. The van der Waals surface area contributed by atoms with E-state index in [9.17, 15) is 0 Å². The molecule has 0 bridgehead atoms. The van der Waals surface area contributed by atoms with Crippen LogP contribution in [0.1, 0.15) is 19.9 Å². The van der Waals surface area contributed by atoms with Crippen LogP contribution in [0.15, 0.2) is 17.2 Å². The van der Waals surface area contributed by atoms with Crippen LogP contribution >= 0.6 is 0 Å². The van der Waals surface area contributed by atoms with Crippen LogP contribution < -0.4 is 4.68 Å². The van der Waals surface area contributed by atoms with Gasteiger partial charge in [-0.1, -0.05) is 4.68 Å². The van der Waals surface area contributed by atoms with Crippen LogP contribution in [0.25, 0.3) is 0 Å². The van der Waals surface area contributed by atoms with Crippen LogP contribution in [-0.2, 0) is 0 Å². The van der Waals surface area contributed by atoms with Crippen molar-refractivity contribution in [3.63, 3.8) is 0 Å². The summed E-state index contributed by atoms with van der Waals surface area (Å²) in [4.78, 5) is 0. The molecule has 0 atom stereocenters. The molecule has 0 aliphatic heterocycles. The number of hydrogen-bond acceptors (Lipinski definition) is 2. The van der Waals surface area contributed by atoms with Crippen molar-refractivity contribution in [1.82, 2.24) is 5.10 Å². The predicted octanol–water partition coefficient (Wildman–Crippen LogP) is 0.543. The summed E-state index contributed by atoms with van der Waals surface area (Å²) < 4.78 is 6.48. The molecule has 0 N–H and O–H groups in total. The maximum Gasteiger partial charge on any atom is 0.361 e. The highest BCUT2D eigenvalue weighted by Crippen LogP contribution is 1.85. The Morgan fingerprint density at radius 3 is 2.62 bits per heavy atom. The van der Waals surface area contributed by atoms with Crippen molar-refractivity contribution < 1.29 is 9.10 Å². The second-order valence-corrected chi connectivity index (χ2v) is 1.94. The van der Waals surface area contributed by atoms with Gasteiger partial charge in [0.25, 0.3) is 6.39 Å². The largest absolute Gasteiger partial charge is 0.391 e. The summed E-state index contributed by atoms with van der Waals surface area (Å²) in [6.45, 7) is 4.09. The van der Waals surface area contributed by atoms with Crippen molar-refractivity contribution in [1.29, 1.82) is 0 Å². The zero-order valence-corrected chi connectivity index (χ0v) is 5.03. The van der Waals surface area contributed by atoms with Crippen molar-refractivity contribution in [3.8, 4) is 0 Å². The van der Waals surface area contributed by atoms with Gasteiger partial charge in [0.05, 0.1) is 0 Å². The standard InChI is InChI=1S/C5H9N2O/c1-5(2)7-4-8-3-6-7/h3-5H,1-2H3/q+1. The lowest BCUT2D eigenvalue weighted by molar-refractivity contribution is -0.771. The first-order valence-corrected chi connectivity index (χ1v) is 2.60. The van der Waals surface area contributed by atoms with E-state index in [0.717, 1.165) is 0 Å². The first-order chi connectivity index (χ1) is 3.80. The molecule has 1 rings (SSSR count). The molecule has 3 nitrogen and oxygen atoms in total. The molecule has 0 amide bonds. The molecule has 1 aromatic heterocycles. The minimum absolute atomic E-state index is 0.397. The Morgan fingerprint density at radius 1 is 1.62 bits per heavy atom. The summed E-state index contributed by atoms with van der Waals surface area (Å²) in [6, 6.07) is 0.397. The number of nitrogens with zero attached hydrogens (tertiary/aromatic N) is 2. The molecule has 0 saturated carbocycles. The van der Waals surface area contributed by atoms with E-state index in [1.165, 1.54) is 6.39 Å². The van der Waals surface area contributed by atoms with Gasteiger partial charge in [0.15, 0.2) is 6.04 Å². The summed E-state index contributed by atoms with van der Waals surface area (Å²) in [5.41, 5.74) is 0. The molecular weight excluding hydrogens is 104 g/mol. The van der Waals surface area contributed by atoms with Gasteiger partial charge in [0.1, 0.15) is 0 Å². The van der Waals surface area contributed by atoms with Gasteiger partial charge in [-0.3, -0.25) is 0 Å². The summed E-state index contributed by atoms with van der Waals surface area (Å²) in [5.74, 6) is 0. The molecule has 3 heteroatoms. The van der Waals surface area contributed by atoms with E-state index < -0.39 is 0 Å². The Morgan fingerprint density at radius 2 is 2.38 bits per heavy atom. The normalized spacial score (nSPS) is 10.4. The molecule has 0 saturated heterocycles. The van der Waals surface area contributed by atoms with E-state index in [1.54, 1.807) is 11.1 Å². The van der Waals surface area contributed by atoms with E-state index >= 15 is 0 Å². The van der Waals surface area contributed by atoms with Gasteiger partial charge in [-0.05, 0) is 0 Å². The minimum atomic E-state index is 0.397. The van der Waals surface area contributed by atoms with Crippen LogP contribution in [0, 0.1) is 0 Å². The Bertz CT molecular complexity index is 145. The van der Waals surface area contributed by atoms with Crippen LogP contribution in [-0.4, -0.2) is 5.10 Å². The maximum absolute atomic E-state index is 4.73. The van der Waals surface area contributed by atoms with Gasteiger partial charge in [-0.25, -0.2) is 0 Å². The SMILES string of the molecule is CC(C)[n+]1cocn1. The van der Waals surface area contributed by atoms with Gasteiger partial charge in [0.2, 0.25) is 0 Å². The maximum atomic E-state index is 4.73. The molecule has 44 valence electrons. The van der Waals surface area contributed by atoms with Crippen molar-refractivity contribution in [2.45, 2.75) is 19.9 Å². The van der Waals surface area contributed by atoms with E-state index in [2.05, 4.69) is 5.10 Å². The molecule has 1 heterocycles. The predicted molar refractivity (Wildman–Crippen MR) is 27.1 cm³/mol. The van der Waals surface area contributed by atoms with Crippen LogP contribution in [0.3, 0.4) is 0 Å². The van der Waals surface area contributed by atoms with Crippen molar-refractivity contribution in [2.75, 3.05) is 0 Å². The fourth-order valence-electron chi connectivity index (χ4n) is 0.453. The molecule has 0 fully saturated rings. The highest BCUT2D eigenvalue weighted by molar-refractivity contribution is 4.26. The van der Waals surface area contributed by atoms with Crippen LogP contribution in [0.5, 0.6) is 0 Å². The highest BCUT2D eigenvalue weighted by atomic mass is 16.3. The minimum Gasteiger partial charge on any atom is -0.391 e. The lowest BCUT2D eigenvalue weighted by atomic mass is 10.4. The second kappa shape index (κ2) is 1.94. The zero-order chi connectivity index (χ0) is 5.98. The molecule has 0 unspecified atom stereocenters. The summed E-state index contributed by atoms with van der Waals surface area (Å²) >= 11 is 0. The van der Waals surface area contributed by atoms with Gasteiger partial charge in [-0.2, -0.15) is 0 Å². The zero-order valence-electron chi connectivity index (χ0n) is 5.03. The Balaban J connectivity index is 2.77. The fourth-order valence-corrected chi connectivity index (χ4v) is 0.453. The van der Waals surface area contributed by atoms with Crippen molar-refractivity contribution in [2.24, 2.45) is 0 Å². The molecule has 0 radical (unpaired) electrons. The van der Waals surface area contributed by atoms with Crippen LogP contribution in [0.4, 0.5) is 0 Å². The topological polar surface area (TPSA) is 29.9 Å². The summed E-state index contributed by atoms with van der Waals surface area (Å²) in [6.07, 6.45) is 3.00. The van der Waals surface area contributed by atoms with E-state index in [-0.39, 0.29) is 0 Å². The molecule has 8 heavy (non-hydrogen) atoms. The number of hydrogen-bond donors (Lipinski definition) is 0. The van der Waals surface area contributed by atoms with Crippen LogP contribution in [0.2, 0.25) is 0 Å². The quantitative estimate of drug-likeness (QED) is 0.497. The monoisotopic (exact) mass is 113 g/mol. The molecule has 0 aliphatic rings. The average Bonchev–Trinajstić information content (AvgIpc) is 2.12. The molecular formula is C5H9N2O+. The van der Waals surface area contributed by atoms with Gasteiger partial charge < -0.3 is 4.42 Å². The number of rotatable bonds is 1. The van der Waals surface area contributed by atoms with Gasteiger partial charge >= 0.3 is 6.39 Å². The first-order valence-electron chi connectivity index (χ1n) is 2.60. The fraction of sp³-hybridized carbons (Fsp3) is 0.600. The third-order valence-electron chi connectivity index (χ3n) is 0.939. The molecule has 0 spiro atoms. The van der Waals surface area contributed by atoms with Gasteiger partial charge in [-0.15, -0.1) is 0 Å². The van der Waals surface area contributed by atoms with E-state index in [1.807, 2.05) is 13.8 Å². The molecule has 1 aromatic rings. The summed E-state index contributed by atoms with van der Waals surface area (Å²) in [5, 5.41) is 3.87. The number of aromatic nitrogens is 2. The smallest absolute Gasteiger partial charge is 0.361 e. The van der Waals surface area contributed by atoms with E-state index in [0.29, 0.717) is 6.04 Å². The Kier molecular flexibility index (Phi) is 1.28. The summed E-state index contributed by atoms with van der Waals surface area (Å²) in [7, 11) is 0. The van der Waals surface area contributed by atoms with Crippen molar-refractivity contribution in [3.05, 3.63) is 12.8 Å².